The third kappa shape index (κ3) is 2.88. The Morgan fingerprint density at radius 2 is 2.05 bits per heavy atom. The van der Waals surface area contributed by atoms with Crippen molar-refractivity contribution in [3.63, 3.8) is 0 Å². The fraction of sp³-hybridized carbons (Fsp3) is 0.267. The third-order valence-electron chi connectivity index (χ3n) is 3.36. The number of benzene rings is 1. The van der Waals surface area contributed by atoms with Crippen LogP contribution in [-0.2, 0) is 6.54 Å². The standard InChI is InChI=1S/C15H17FN2O2/c1-10(11-3-5-13(16)6-4-11)18(2)15(19)12-7-14(8-17)20-9-12/h3-7,9-10H,8,17H2,1-2H3. The highest BCUT2D eigenvalue weighted by Gasteiger charge is 2.20. The fourth-order valence-electron chi connectivity index (χ4n) is 1.94. The minimum atomic E-state index is -0.294. The first-order chi connectivity index (χ1) is 9.52. The number of hydrogen-bond donors (Lipinski definition) is 1. The highest BCUT2D eigenvalue weighted by molar-refractivity contribution is 5.94. The Morgan fingerprint density at radius 3 is 2.60 bits per heavy atom. The van der Waals surface area contributed by atoms with Gasteiger partial charge in [-0.1, -0.05) is 12.1 Å². The second kappa shape index (κ2) is 5.88. The number of furan rings is 1. The van der Waals surface area contributed by atoms with Crippen LogP contribution in [0.1, 0.15) is 34.6 Å². The zero-order valence-corrected chi connectivity index (χ0v) is 11.5. The van der Waals surface area contributed by atoms with Crippen LogP contribution in [0.25, 0.3) is 0 Å². The molecule has 2 rings (SSSR count). The molecule has 1 amide bonds. The van der Waals surface area contributed by atoms with Crippen molar-refractivity contribution in [2.45, 2.75) is 19.5 Å². The number of carbonyl (C=O) groups is 1. The van der Waals surface area contributed by atoms with E-state index in [1.807, 2.05) is 6.92 Å². The topological polar surface area (TPSA) is 59.5 Å². The lowest BCUT2D eigenvalue weighted by Crippen LogP contribution is -2.29. The van der Waals surface area contributed by atoms with E-state index in [1.165, 1.54) is 18.4 Å². The minimum absolute atomic E-state index is 0.162. The summed E-state index contributed by atoms with van der Waals surface area (Å²) < 4.78 is 18.1. The van der Waals surface area contributed by atoms with Gasteiger partial charge in [-0.3, -0.25) is 4.79 Å². The third-order valence-corrected chi connectivity index (χ3v) is 3.36. The summed E-state index contributed by atoms with van der Waals surface area (Å²) in [4.78, 5) is 13.9. The Bertz CT molecular complexity index is 592. The Kier molecular flexibility index (Phi) is 4.20. The van der Waals surface area contributed by atoms with Gasteiger partial charge >= 0.3 is 0 Å². The zero-order chi connectivity index (χ0) is 14.7. The first-order valence-corrected chi connectivity index (χ1v) is 6.33. The molecule has 0 aliphatic rings. The van der Waals surface area contributed by atoms with Crippen molar-refractivity contribution in [3.05, 3.63) is 59.3 Å². The quantitative estimate of drug-likeness (QED) is 0.934. The molecule has 1 unspecified atom stereocenters. The molecule has 2 N–H and O–H groups in total. The molecule has 5 heteroatoms. The van der Waals surface area contributed by atoms with Gasteiger partial charge in [0.05, 0.1) is 18.2 Å². The van der Waals surface area contributed by atoms with Crippen molar-refractivity contribution in [1.82, 2.24) is 4.90 Å². The zero-order valence-electron chi connectivity index (χ0n) is 11.5. The van der Waals surface area contributed by atoms with Gasteiger partial charge in [-0.05, 0) is 30.7 Å². The van der Waals surface area contributed by atoms with Gasteiger partial charge in [-0.25, -0.2) is 4.39 Å². The predicted molar refractivity (Wildman–Crippen MR) is 73.5 cm³/mol. The molecule has 0 saturated carbocycles. The van der Waals surface area contributed by atoms with E-state index in [0.29, 0.717) is 11.3 Å². The summed E-state index contributed by atoms with van der Waals surface area (Å²) in [6, 6.07) is 7.58. The predicted octanol–water partition coefficient (Wildman–Crippen LogP) is 2.71. The molecule has 2 aromatic rings. The number of rotatable bonds is 4. The highest BCUT2D eigenvalue weighted by atomic mass is 19.1. The number of nitrogens with two attached hydrogens (primary N) is 1. The molecule has 0 radical (unpaired) electrons. The molecular formula is C15H17FN2O2. The second-order valence-electron chi connectivity index (χ2n) is 4.65. The number of hydrogen-bond acceptors (Lipinski definition) is 3. The molecule has 0 spiro atoms. The van der Waals surface area contributed by atoms with E-state index in [0.717, 1.165) is 5.56 Å². The number of amides is 1. The Labute approximate surface area is 117 Å². The normalized spacial score (nSPS) is 12.2. The van der Waals surface area contributed by atoms with E-state index in [-0.39, 0.29) is 24.3 Å². The SMILES string of the molecule is CC(c1ccc(F)cc1)N(C)C(=O)c1coc(CN)c1. The first-order valence-electron chi connectivity index (χ1n) is 6.33. The van der Waals surface area contributed by atoms with Crippen molar-refractivity contribution in [3.8, 4) is 0 Å². The Balaban J connectivity index is 2.15. The van der Waals surface area contributed by atoms with Crippen LogP contribution < -0.4 is 5.73 Å². The van der Waals surface area contributed by atoms with Crippen LogP contribution in [0, 0.1) is 5.82 Å². The van der Waals surface area contributed by atoms with Crippen LogP contribution in [-0.4, -0.2) is 17.9 Å². The van der Waals surface area contributed by atoms with Gasteiger partial charge in [0, 0.05) is 7.05 Å². The van der Waals surface area contributed by atoms with Crippen LogP contribution >= 0.6 is 0 Å². The van der Waals surface area contributed by atoms with E-state index < -0.39 is 0 Å². The highest BCUT2D eigenvalue weighted by Crippen LogP contribution is 2.21. The second-order valence-corrected chi connectivity index (χ2v) is 4.65. The van der Waals surface area contributed by atoms with Crippen molar-refractivity contribution >= 4 is 5.91 Å². The molecule has 1 atom stereocenters. The molecule has 1 aromatic heterocycles. The lowest BCUT2D eigenvalue weighted by atomic mass is 10.1. The van der Waals surface area contributed by atoms with Crippen LogP contribution in [0.3, 0.4) is 0 Å². The molecule has 106 valence electrons. The number of halogens is 1. The molecule has 0 fully saturated rings. The molecular weight excluding hydrogens is 259 g/mol. The largest absolute Gasteiger partial charge is 0.467 e. The molecule has 0 saturated heterocycles. The molecule has 1 aromatic carbocycles. The lowest BCUT2D eigenvalue weighted by molar-refractivity contribution is 0.0742. The van der Waals surface area contributed by atoms with Crippen LogP contribution in [0.15, 0.2) is 41.0 Å². The van der Waals surface area contributed by atoms with Crippen molar-refractivity contribution in [2.75, 3.05) is 7.05 Å². The van der Waals surface area contributed by atoms with E-state index in [2.05, 4.69) is 0 Å². The van der Waals surface area contributed by atoms with Crippen molar-refractivity contribution in [1.29, 1.82) is 0 Å². The molecule has 0 aliphatic carbocycles. The lowest BCUT2D eigenvalue weighted by Gasteiger charge is -2.24. The number of carbonyl (C=O) groups excluding carboxylic acids is 1. The van der Waals surface area contributed by atoms with Gasteiger partial charge in [0.1, 0.15) is 17.8 Å². The van der Waals surface area contributed by atoms with Gasteiger partial charge in [0.2, 0.25) is 0 Å². The average molecular weight is 276 g/mol. The van der Waals surface area contributed by atoms with E-state index in [4.69, 9.17) is 10.2 Å². The van der Waals surface area contributed by atoms with Gasteiger partial charge in [-0.2, -0.15) is 0 Å². The molecule has 1 heterocycles. The number of nitrogens with zero attached hydrogens (tertiary/aromatic N) is 1. The van der Waals surface area contributed by atoms with Crippen LogP contribution in [0.4, 0.5) is 4.39 Å². The smallest absolute Gasteiger partial charge is 0.257 e. The monoisotopic (exact) mass is 276 g/mol. The van der Waals surface area contributed by atoms with Gasteiger partial charge in [0.25, 0.3) is 5.91 Å². The summed E-state index contributed by atoms with van der Waals surface area (Å²) in [6.07, 6.45) is 1.40. The molecule has 0 bridgehead atoms. The van der Waals surface area contributed by atoms with Crippen molar-refractivity contribution < 1.29 is 13.6 Å². The fourth-order valence-corrected chi connectivity index (χ4v) is 1.94. The van der Waals surface area contributed by atoms with Crippen molar-refractivity contribution in [2.24, 2.45) is 5.73 Å². The van der Waals surface area contributed by atoms with E-state index in [1.54, 1.807) is 30.1 Å². The maximum Gasteiger partial charge on any atom is 0.257 e. The van der Waals surface area contributed by atoms with E-state index >= 15 is 0 Å². The minimum Gasteiger partial charge on any atom is -0.467 e. The molecule has 0 aliphatic heterocycles. The summed E-state index contributed by atoms with van der Waals surface area (Å²) >= 11 is 0. The summed E-state index contributed by atoms with van der Waals surface area (Å²) in [5.74, 6) is 0.110. The van der Waals surface area contributed by atoms with Gasteiger partial charge < -0.3 is 15.1 Å². The summed E-state index contributed by atoms with van der Waals surface area (Å²) in [5, 5.41) is 0. The van der Waals surface area contributed by atoms with E-state index in [9.17, 15) is 9.18 Å². The van der Waals surface area contributed by atoms with Crippen LogP contribution in [0.2, 0.25) is 0 Å². The molecule has 4 nitrogen and oxygen atoms in total. The van der Waals surface area contributed by atoms with Gasteiger partial charge in [0.15, 0.2) is 0 Å². The summed E-state index contributed by atoms with van der Waals surface area (Å²) in [7, 11) is 1.70. The molecule has 20 heavy (non-hydrogen) atoms. The maximum absolute atomic E-state index is 12.9. The van der Waals surface area contributed by atoms with Crippen LogP contribution in [0.5, 0.6) is 0 Å². The summed E-state index contributed by atoms with van der Waals surface area (Å²) in [5.41, 5.74) is 6.78. The first kappa shape index (κ1) is 14.3. The van der Waals surface area contributed by atoms with Gasteiger partial charge in [-0.15, -0.1) is 0 Å². The Morgan fingerprint density at radius 1 is 1.40 bits per heavy atom. The maximum atomic E-state index is 12.9. The average Bonchev–Trinajstić information content (AvgIpc) is 2.94. The summed E-state index contributed by atoms with van der Waals surface area (Å²) in [6.45, 7) is 2.14. The Hall–Kier alpha value is -2.14.